The molecule has 3 heterocycles. The number of nitrogens with one attached hydrogen (secondary N) is 1. The fraction of sp³-hybridized carbons (Fsp3) is 0. The third-order valence-corrected chi connectivity index (χ3v) is 4.38. The molecule has 0 atom stereocenters. The van der Waals surface area contributed by atoms with E-state index in [-0.39, 0.29) is 28.8 Å². The molecule has 0 aliphatic heterocycles. The molecule has 0 fully saturated rings. The third kappa shape index (κ3) is 3.00. The predicted molar refractivity (Wildman–Crippen MR) is 105 cm³/mol. The molecule has 0 saturated carbocycles. The van der Waals surface area contributed by atoms with Crippen molar-refractivity contribution >= 4 is 28.2 Å². The van der Waals surface area contributed by atoms with Crippen molar-refractivity contribution in [2.75, 3.05) is 5.32 Å². The van der Waals surface area contributed by atoms with Crippen LogP contribution in [0.2, 0.25) is 0 Å². The lowest BCUT2D eigenvalue weighted by molar-refractivity contribution is 0.628. The van der Waals surface area contributed by atoms with Crippen molar-refractivity contribution in [2.24, 2.45) is 0 Å². The van der Waals surface area contributed by atoms with Crippen LogP contribution in [0.3, 0.4) is 0 Å². The highest BCUT2D eigenvalue weighted by molar-refractivity contribution is 5.93. The molecule has 3 aromatic heterocycles. The standard InChI is InChI=1S/C20H11F2N7O/c21-12-6-4-11(5-7-12)17-27-18-13-2-1-3-14(22)16(13)26-20(29(18)28-17)25-15-10-23-8-9-24-19(15)30/h1-10H,(H,24,25,26,30). The van der Waals surface area contributed by atoms with Gasteiger partial charge in [-0.2, -0.15) is 4.52 Å². The number of para-hydroxylation sites is 1. The van der Waals surface area contributed by atoms with Crippen LogP contribution in [0.1, 0.15) is 0 Å². The number of fused-ring (bicyclic) bond motifs is 3. The zero-order valence-corrected chi connectivity index (χ0v) is 15.1. The molecule has 0 radical (unpaired) electrons. The molecule has 0 aliphatic carbocycles. The molecule has 8 nitrogen and oxygen atoms in total. The van der Waals surface area contributed by atoms with Crippen LogP contribution < -0.4 is 10.9 Å². The van der Waals surface area contributed by atoms with Crippen molar-refractivity contribution in [1.82, 2.24) is 29.5 Å². The van der Waals surface area contributed by atoms with E-state index < -0.39 is 11.4 Å². The van der Waals surface area contributed by atoms with Crippen molar-refractivity contribution in [3.63, 3.8) is 0 Å². The molecule has 0 saturated heterocycles. The van der Waals surface area contributed by atoms with E-state index in [1.807, 2.05) is 0 Å². The molecule has 1 N–H and O–H groups in total. The smallest absolute Gasteiger partial charge is 0.295 e. The first kappa shape index (κ1) is 17.7. The Hall–Kier alpha value is -4.34. The van der Waals surface area contributed by atoms with Crippen LogP contribution in [0.15, 0.2) is 65.8 Å². The first-order chi connectivity index (χ1) is 14.6. The quantitative estimate of drug-likeness (QED) is 0.494. The molecule has 5 aromatic rings. The van der Waals surface area contributed by atoms with Gasteiger partial charge in [-0.05, 0) is 36.4 Å². The van der Waals surface area contributed by atoms with E-state index in [0.717, 1.165) is 0 Å². The maximum atomic E-state index is 14.5. The highest BCUT2D eigenvalue weighted by Gasteiger charge is 2.17. The number of aromatic nitrogens is 6. The molecule has 0 aliphatic rings. The Kier molecular flexibility index (Phi) is 4.09. The Morgan fingerprint density at radius 2 is 1.80 bits per heavy atom. The molecule has 0 amide bonds. The van der Waals surface area contributed by atoms with Crippen LogP contribution in [0, 0.1) is 11.6 Å². The van der Waals surface area contributed by atoms with E-state index in [0.29, 0.717) is 16.6 Å². The van der Waals surface area contributed by atoms with Gasteiger partial charge in [-0.3, -0.25) is 9.78 Å². The first-order valence-electron chi connectivity index (χ1n) is 8.78. The summed E-state index contributed by atoms with van der Waals surface area (Å²) in [6.45, 7) is 0. The van der Waals surface area contributed by atoms with E-state index in [1.165, 1.54) is 53.4 Å². The predicted octanol–water partition coefficient (Wildman–Crippen LogP) is 3.12. The topological polar surface area (TPSA) is 98.0 Å². The van der Waals surface area contributed by atoms with Gasteiger partial charge < -0.3 is 5.32 Å². The number of benzene rings is 2. The van der Waals surface area contributed by atoms with Crippen molar-refractivity contribution in [3.05, 3.63) is 83.0 Å². The Morgan fingerprint density at radius 3 is 2.63 bits per heavy atom. The van der Waals surface area contributed by atoms with E-state index >= 15 is 0 Å². The fourth-order valence-electron chi connectivity index (χ4n) is 2.99. The summed E-state index contributed by atoms with van der Waals surface area (Å²) in [5.41, 5.74) is 0.391. The second-order valence-electron chi connectivity index (χ2n) is 6.30. The van der Waals surface area contributed by atoms with E-state index in [4.69, 9.17) is 0 Å². The van der Waals surface area contributed by atoms with Gasteiger partial charge in [0.2, 0.25) is 5.95 Å². The molecule has 5 rings (SSSR count). The van der Waals surface area contributed by atoms with Gasteiger partial charge in [0, 0.05) is 23.3 Å². The average molecular weight is 403 g/mol. The molecule has 0 bridgehead atoms. The highest BCUT2D eigenvalue weighted by atomic mass is 19.1. The van der Waals surface area contributed by atoms with Gasteiger partial charge >= 0.3 is 0 Å². The largest absolute Gasteiger partial charge is 0.318 e. The summed E-state index contributed by atoms with van der Waals surface area (Å²) in [5.74, 6) is -0.607. The molecular formula is C20H11F2N7O. The monoisotopic (exact) mass is 403 g/mol. The van der Waals surface area contributed by atoms with Gasteiger partial charge in [-0.1, -0.05) is 6.07 Å². The van der Waals surface area contributed by atoms with Crippen molar-refractivity contribution in [2.45, 2.75) is 0 Å². The number of anilines is 2. The fourth-order valence-corrected chi connectivity index (χ4v) is 2.99. The SMILES string of the molecule is O=c1nccncc1Nc1nc2c(F)cccc2c2nc(-c3ccc(F)cc3)nn12. The summed E-state index contributed by atoms with van der Waals surface area (Å²) < 4.78 is 29.1. The number of rotatable bonds is 3. The lowest BCUT2D eigenvalue weighted by Crippen LogP contribution is -2.12. The van der Waals surface area contributed by atoms with Crippen molar-refractivity contribution < 1.29 is 8.78 Å². The normalized spacial score (nSPS) is 11.1. The lowest BCUT2D eigenvalue weighted by atomic mass is 10.2. The summed E-state index contributed by atoms with van der Waals surface area (Å²) in [6, 6.07) is 10.1. The Bertz CT molecular complexity index is 1470. The number of halogens is 2. The Labute approximate surface area is 166 Å². The van der Waals surface area contributed by atoms with E-state index in [1.54, 1.807) is 12.1 Å². The lowest BCUT2D eigenvalue weighted by Gasteiger charge is -2.07. The van der Waals surface area contributed by atoms with Gasteiger partial charge in [0.05, 0.1) is 6.20 Å². The minimum atomic E-state index is -0.574. The zero-order chi connectivity index (χ0) is 20.7. The molecule has 30 heavy (non-hydrogen) atoms. The van der Waals surface area contributed by atoms with Crippen LogP contribution in [0.4, 0.5) is 20.4 Å². The average Bonchev–Trinajstić information content (AvgIpc) is 3.10. The molecule has 0 unspecified atom stereocenters. The first-order valence-corrected chi connectivity index (χ1v) is 8.78. The van der Waals surface area contributed by atoms with Crippen molar-refractivity contribution in [3.8, 4) is 11.4 Å². The van der Waals surface area contributed by atoms with Crippen LogP contribution in [0.5, 0.6) is 0 Å². The van der Waals surface area contributed by atoms with Crippen molar-refractivity contribution in [1.29, 1.82) is 0 Å². The summed E-state index contributed by atoms with van der Waals surface area (Å²) in [5, 5.41) is 7.67. The van der Waals surface area contributed by atoms with E-state index in [2.05, 4.69) is 30.4 Å². The third-order valence-electron chi connectivity index (χ3n) is 4.38. The number of nitrogens with zero attached hydrogens (tertiary/aromatic N) is 6. The minimum absolute atomic E-state index is 0.0309. The summed E-state index contributed by atoms with van der Waals surface area (Å²) in [4.78, 5) is 28.6. The number of hydrogen-bond donors (Lipinski definition) is 1. The summed E-state index contributed by atoms with van der Waals surface area (Å²) >= 11 is 0. The maximum absolute atomic E-state index is 14.5. The van der Waals surface area contributed by atoms with Gasteiger partial charge in [-0.15, -0.1) is 5.10 Å². The van der Waals surface area contributed by atoms with Crippen LogP contribution in [-0.4, -0.2) is 29.5 Å². The molecule has 2 aromatic carbocycles. The van der Waals surface area contributed by atoms with Gasteiger partial charge in [0.15, 0.2) is 11.5 Å². The summed E-state index contributed by atoms with van der Waals surface area (Å²) in [7, 11) is 0. The number of hydrogen-bond acceptors (Lipinski definition) is 7. The van der Waals surface area contributed by atoms with Gasteiger partial charge in [0.25, 0.3) is 5.56 Å². The highest BCUT2D eigenvalue weighted by Crippen LogP contribution is 2.26. The van der Waals surface area contributed by atoms with Gasteiger partial charge in [-0.25, -0.2) is 23.7 Å². The van der Waals surface area contributed by atoms with Crippen LogP contribution in [-0.2, 0) is 0 Å². The van der Waals surface area contributed by atoms with Crippen LogP contribution in [0.25, 0.3) is 27.9 Å². The second-order valence-corrected chi connectivity index (χ2v) is 6.30. The van der Waals surface area contributed by atoms with Gasteiger partial charge in [0.1, 0.15) is 22.8 Å². The molecular weight excluding hydrogens is 392 g/mol. The molecule has 0 spiro atoms. The second kappa shape index (κ2) is 6.92. The molecule has 146 valence electrons. The maximum Gasteiger partial charge on any atom is 0.295 e. The van der Waals surface area contributed by atoms with E-state index in [9.17, 15) is 13.6 Å². The Balaban J connectivity index is 1.78. The molecule has 10 heteroatoms. The van der Waals surface area contributed by atoms with Crippen LogP contribution >= 0.6 is 0 Å². The zero-order valence-electron chi connectivity index (χ0n) is 15.1. The summed E-state index contributed by atoms with van der Waals surface area (Å²) in [6.07, 6.45) is 3.91. The minimum Gasteiger partial charge on any atom is -0.318 e. The Morgan fingerprint density at radius 1 is 0.967 bits per heavy atom.